The molecule has 4 heteroatoms. The smallest absolute Gasteiger partial charge is 0.246 e. The van der Waals surface area contributed by atoms with Crippen molar-refractivity contribution < 1.29 is 14.3 Å². The molecule has 0 heterocycles. The summed E-state index contributed by atoms with van der Waals surface area (Å²) in [5.41, 5.74) is 1.27. The van der Waals surface area contributed by atoms with Crippen LogP contribution >= 0.6 is 0 Å². The summed E-state index contributed by atoms with van der Waals surface area (Å²) in [6.45, 7) is 7.28. The third-order valence-electron chi connectivity index (χ3n) is 4.25. The highest BCUT2D eigenvalue weighted by Crippen LogP contribution is 2.28. The highest BCUT2D eigenvalue weighted by Gasteiger charge is 2.23. The van der Waals surface area contributed by atoms with E-state index in [4.69, 9.17) is 9.47 Å². The molecule has 0 saturated heterocycles. The first-order valence-corrected chi connectivity index (χ1v) is 9.08. The number of amides is 1. The van der Waals surface area contributed by atoms with Crippen LogP contribution in [0.25, 0.3) is 0 Å². The van der Waals surface area contributed by atoms with Gasteiger partial charge < -0.3 is 14.8 Å². The van der Waals surface area contributed by atoms with Crippen LogP contribution < -0.4 is 10.1 Å². The minimum atomic E-state index is -0.0962. The quantitative estimate of drug-likeness (QED) is 0.656. The molecule has 2 aromatic carbocycles. The third kappa shape index (κ3) is 6.89. The van der Waals surface area contributed by atoms with Crippen LogP contribution in [-0.2, 0) is 14.9 Å². The molecule has 0 radical (unpaired) electrons. The number of hydrogen-bond acceptors (Lipinski definition) is 3. The Labute approximate surface area is 156 Å². The van der Waals surface area contributed by atoms with E-state index in [9.17, 15) is 4.79 Å². The summed E-state index contributed by atoms with van der Waals surface area (Å²) in [6.07, 6.45) is 0.861. The summed E-state index contributed by atoms with van der Waals surface area (Å²) >= 11 is 0. The molecule has 140 valence electrons. The Bertz CT molecular complexity index is 656. The number of para-hydroxylation sites is 1. The van der Waals surface area contributed by atoms with Crippen LogP contribution in [-0.4, -0.2) is 31.8 Å². The molecule has 1 unspecified atom stereocenters. The molecule has 0 bridgehead atoms. The first-order valence-electron chi connectivity index (χ1n) is 9.08. The van der Waals surface area contributed by atoms with Gasteiger partial charge in [-0.3, -0.25) is 4.79 Å². The van der Waals surface area contributed by atoms with Gasteiger partial charge in [-0.15, -0.1) is 0 Å². The lowest BCUT2D eigenvalue weighted by Crippen LogP contribution is -2.39. The first kappa shape index (κ1) is 20.0. The van der Waals surface area contributed by atoms with E-state index < -0.39 is 0 Å². The lowest BCUT2D eigenvalue weighted by Gasteiger charge is -2.29. The van der Waals surface area contributed by atoms with Gasteiger partial charge in [0, 0.05) is 6.04 Å². The molecular weight excluding hydrogens is 326 g/mol. The fraction of sp³-hybridized carbons (Fsp3) is 0.409. The summed E-state index contributed by atoms with van der Waals surface area (Å²) in [6, 6.07) is 20.0. The molecule has 4 nitrogen and oxygen atoms in total. The van der Waals surface area contributed by atoms with Crippen LogP contribution in [0.15, 0.2) is 60.7 Å². The van der Waals surface area contributed by atoms with Crippen molar-refractivity contribution >= 4 is 5.91 Å². The van der Waals surface area contributed by atoms with Gasteiger partial charge in [0.2, 0.25) is 5.91 Å². The van der Waals surface area contributed by atoms with Gasteiger partial charge in [0.15, 0.2) is 0 Å². The highest BCUT2D eigenvalue weighted by atomic mass is 16.5. The number of ether oxygens (including phenoxy) is 2. The zero-order chi connectivity index (χ0) is 18.8. The number of carbonyl (C=O) groups excluding carboxylic acids is 1. The first-order chi connectivity index (χ1) is 12.5. The van der Waals surface area contributed by atoms with Crippen molar-refractivity contribution in [2.75, 3.05) is 19.8 Å². The van der Waals surface area contributed by atoms with Crippen LogP contribution in [0.4, 0.5) is 0 Å². The van der Waals surface area contributed by atoms with Crippen LogP contribution in [0.1, 0.15) is 32.8 Å². The average Bonchev–Trinajstić information content (AvgIpc) is 2.62. The summed E-state index contributed by atoms with van der Waals surface area (Å²) in [5, 5.41) is 3.01. The lowest BCUT2D eigenvalue weighted by atomic mass is 9.79. The van der Waals surface area contributed by atoms with E-state index in [0.29, 0.717) is 13.2 Å². The topological polar surface area (TPSA) is 47.6 Å². The van der Waals surface area contributed by atoms with Crippen LogP contribution in [0, 0.1) is 0 Å². The van der Waals surface area contributed by atoms with Gasteiger partial charge in [-0.2, -0.15) is 0 Å². The summed E-state index contributed by atoms with van der Waals surface area (Å²) in [5.74, 6) is 0.707. The molecule has 0 aromatic heterocycles. The molecule has 1 amide bonds. The molecule has 1 atom stereocenters. The standard InChI is InChI=1S/C22H29NO3/c1-18(16-22(2,3)19-10-6-4-7-11-19)23-21(24)17-25-14-15-26-20-12-8-5-9-13-20/h4-13,18H,14-17H2,1-3H3,(H,23,24). The largest absolute Gasteiger partial charge is 0.491 e. The molecule has 0 aliphatic rings. The van der Waals surface area contributed by atoms with Gasteiger partial charge in [-0.25, -0.2) is 0 Å². The van der Waals surface area contributed by atoms with Crippen molar-refractivity contribution in [1.29, 1.82) is 0 Å². The van der Waals surface area contributed by atoms with E-state index >= 15 is 0 Å². The van der Waals surface area contributed by atoms with Crippen LogP contribution in [0.2, 0.25) is 0 Å². The molecule has 1 N–H and O–H groups in total. The molecule has 2 rings (SSSR count). The van der Waals surface area contributed by atoms with E-state index in [0.717, 1.165) is 12.2 Å². The Balaban J connectivity index is 1.64. The fourth-order valence-corrected chi connectivity index (χ4v) is 3.04. The summed E-state index contributed by atoms with van der Waals surface area (Å²) in [7, 11) is 0. The maximum absolute atomic E-state index is 12.0. The predicted octanol–water partition coefficient (Wildman–Crippen LogP) is 3.95. The Morgan fingerprint density at radius 2 is 1.62 bits per heavy atom. The SMILES string of the molecule is CC(CC(C)(C)c1ccccc1)NC(=O)COCCOc1ccccc1. The van der Waals surface area contributed by atoms with Crippen LogP contribution in [0.3, 0.4) is 0 Å². The second-order valence-electron chi connectivity index (χ2n) is 7.14. The van der Waals surface area contributed by atoms with Crippen molar-refractivity contribution in [1.82, 2.24) is 5.32 Å². The number of carbonyl (C=O) groups is 1. The van der Waals surface area contributed by atoms with E-state index in [1.54, 1.807) is 0 Å². The van der Waals surface area contributed by atoms with Gasteiger partial charge in [0.1, 0.15) is 19.0 Å². The minimum absolute atomic E-state index is 0.00165. The van der Waals surface area contributed by atoms with Gasteiger partial charge in [-0.1, -0.05) is 62.4 Å². The molecule has 0 saturated carbocycles. The zero-order valence-electron chi connectivity index (χ0n) is 15.9. The lowest BCUT2D eigenvalue weighted by molar-refractivity contribution is -0.126. The number of benzene rings is 2. The highest BCUT2D eigenvalue weighted by molar-refractivity contribution is 5.77. The monoisotopic (exact) mass is 355 g/mol. The van der Waals surface area contributed by atoms with E-state index in [1.807, 2.05) is 55.5 Å². The Kier molecular flexibility index (Phi) is 7.67. The molecule has 0 aliphatic heterocycles. The minimum Gasteiger partial charge on any atom is -0.491 e. The Morgan fingerprint density at radius 3 is 2.27 bits per heavy atom. The van der Waals surface area contributed by atoms with Crippen molar-refractivity contribution in [2.45, 2.75) is 38.6 Å². The Hall–Kier alpha value is -2.33. The summed E-state index contributed by atoms with van der Waals surface area (Å²) in [4.78, 5) is 12.0. The van der Waals surface area contributed by atoms with Crippen LogP contribution in [0.5, 0.6) is 5.75 Å². The maximum atomic E-state index is 12.0. The second kappa shape index (κ2) is 9.97. The second-order valence-corrected chi connectivity index (χ2v) is 7.14. The van der Waals surface area contributed by atoms with Crippen molar-refractivity contribution in [3.8, 4) is 5.75 Å². The van der Waals surface area contributed by atoms with E-state index in [1.165, 1.54) is 5.56 Å². The molecule has 0 fully saturated rings. The Morgan fingerprint density at radius 1 is 1.00 bits per heavy atom. The molecule has 0 spiro atoms. The van der Waals surface area contributed by atoms with Crippen molar-refractivity contribution in [3.05, 3.63) is 66.2 Å². The molecule has 0 aliphatic carbocycles. The number of rotatable bonds is 10. The fourth-order valence-electron chi connectivity index (χ4n) is 3.04. The van der Waals surface area contributed by atoms with Gasteiger partial charge in [-0.05, 0) is 36.5 Å². The number of hydrogen-bond donors (Lipinski definition) is 1. The molecule has 2 aromatic rings. The van der Waals surface area contributed by atoms with Gasteiger partial charge in [0.05, 0.1) is 6.61 Å². The number of nitrogens with one attached hydrogen (secondary N) is 1. The zero-order valence-corrected chi connectivity index (χ0v) is 15.9. The summed E-state index contributed by atoms with van der Waals surface area (Å²) < 4.78 is 10.9. The molecular formula is C22H29NO3. The average molecular weight is 355 g/mol. The third-order valence-corrected chi connectivity index (χ3v) is 4.25. The van der Waals surface area contributed by atoms with Crippen molar-refractivity contribution in [2.24, 2.45) is 0 Å². The predicted molar refractivity (Wildman–Crippen MR) is 104 cm³/mol. The maximum Gasteiger partial charge on any atom is 0.246 e. The van der Waals surface area contributed by atoms with Crippen molar-refractivity contribution in [3.63, 3.8) is 0 Å². The van der Waals surface area contributed by atoms with E-state index in [-0.39, 0.29) is 24.0 Å². The van der Waals surface area contributed by atoms with Gasteiger partial charge >= 0.3 is 0 Å². The molecule has 26 heavy (non-hydrogen) atoms. The normalized spacial score (nSPS) is 12.4. The van der Waals surface area contributed by atoms with E-state index in [2.05, 4.69) is 31.3 Å². The van der Waals surface area contributed by atoms with Gasteiger partial charge in [0.25, 0.3) is 0 Å².